The van der Waals surface area contributed by atoms with Gasteiger partial charge < -0.3 is 34.9 Å². The van der Waals surface area contributed by atoms with Gasteiger partial charge in [-0.2, -0.15) is 0 Å². The largest absolute Gasteiger partial charge is 0.493 e. The molecule has 0 bridgehead atoms. The van der Waals surface area contributed by atoms with Crippen molar-refractivity contribution in [3.05, 3.63) is 82.0 Å². The van der Waals surface area contributed by atoms with E-state index in [4.69, 9.17) is 18.9 Å². The smallest absolute Gasteiger partial charge is 0.407 e. The lowest BCUT2D eigenvalue weighted by Gasteiger charge is -2.21. The van der Waals surface area contributed by atoms with E-state index in [1.54, 1.807) is 68.5 Å². The van der Waals surface area contributed by atoms with Gasteiger partial charge in [0, 0.05) is 46.6 Å². The molecule has 0 aliphatic carbocycles. The summed E-state index contributed by atoms with van der Waals surface area (Å²) in [5.74, 6) is -0.409. The first-order valence-electron chi connectivity index (χ1n) is 18.6. The Morgan fingerprint density at radius 3 is 2.42 bits per heavy atom. The number of benzene rings is 2. The molecule has 4 aromatic rings. The van der Waals surface area contributed by atoms with Gasteiger partial charge in [0.1, 0.15) is 22.8 Å². The quantitative estimate of drug-likeness (QED) is 0.107. The number of fused-ring (bicyclic) bond motifs is 3. The molecule has 3 N–H and O–H groups in total. The monoisotopic (exact) mass is 770 g/mol. The number of rotatable bonds is 14. The number of alkyl carbamates (subject to hydrolysis) is 1. The fraction of sp³-hybridized carbons (Fsp3) is 0.405. The Labute approximate surface area is 326 Å². The highest BCUT2D eigenvalue weighted by Crippen LogP contribution is 2.43. The normalized spacial score (nSPS) is 12.1. The number of carbonyl (C=O) groups is 4. The first-order valence-corrected chi connectivity index (χ1v) is 19.5. The summed E-state index contributed by atoms with van der Waals surface area (Å²) in [6.45, 7) is 13.0. The van der Waals surface area contributed by atoms with Crippen molar-refractivity contribution < 1.29 is 38.1 Å². The van der Waals surface area contributed by atoms with Crippen molar-refractivity contribution in [2.45, 2.75) is 79.4 Å². The molecule has 2 aromatic heterocycles. The van der Waals surface area contributed by atoms with Gasteiger partial charge in [-0.05, 0) is 92.1 Å². The van der Waals surface area contributed by atoms with Crippen LogP contribution < -0.4 is 25.4 Å². The van der Waals surface area contributed by atoms with Crippen LogP contribution in [0.1, 0.15) is 103 Å². The average Bonchev–Trinajstić information content (AvgIpc) is 3.57. The second-order valence-electron chi connectivity index (χ2n) is 14.2. The van der Waals surface area contributed by atoms with Crippen LogP contribution in [0.5, 0.6) is 11.5 Å². The third kappa shape index (κ3) is 10.2. The van der Waals surface area contributed by atoms with Crippen LogP contribution in [0.15, 0.2) is 53.9 Å². The zero-order valence-electron chi connectivity index (χ0n) is 32.6. The summed E-state index contributed by atoms with van der Waals surface area (Å²) >= 11 is 1.56. The summed E-state index contributed by atoms with van der Waals surface area (Å²) in [6.07, 6.45) is 2.70. The summed E-state index contributed by atoms with van der Waals surface area (Å²) < 4.78 is 23.1. The summed E-state index contributed by atoms with van der Waals surface area (Å²) in [6, 6.07) is 14.0. The molecule has 0 saturated heterocycles. The maximum Gasteiger partial charge on any atom is 0.407 e. The Morgan fingerprint density at radius 2 is 1.71 bits per heavy atom. The van der Waals surface area contributed by atoms with Crippen molar-refractivity contribution in [3.63, 3.8) is 0 Å². The fourth-order valence-corrected chi connectivity index (χ4v) is 7.00. The number of nitrogens with zero attached hydrogens (tertiary/aromatic N) is 1. The summed E-state index contributed by atoms with van der Waals surface area (Å²) in [7, 11) is 1.24. The van der Waals surface area contributed by atoms with Crippen molar-refractivity contribution in [1.29, 1.82) is 0 Å². The lowest BCUT2D eigenvalue weighted by molar-refractivity contribution is 0.0521. The molecule has 3 amide bonds. The number of carbonyl (C=O) groups excluding carboxylic acids is 4. The van der Waals surface area contributed by atoms with Crippen LogP contribution in [0.4, 0.5) is 10.5 Å². The van der Waals surface area contributed by atoms with Crippen LogP contribution in [0.2, 0.25) is 0 Å². The van der Waals surface area contributed by atoms with Crippen molar-refractivity contribution in [2.24, 2.45) is 5.92 Å². The zero-order valence-corrected chi connectivity index (χ0v) is 33.4. The standard InChI is InChI=1S/C42H50N4O8S/c1-8-17-43-39(48)33-14-12-28(36(45-33)40(49)51-7)29-22-34-31(37-27(15-18-52-34)16-19-55-37)21-30(29)38(47)46-32-13-11-26(23-44-41(50)54-42(4,5)6)20-35(32)53-24-25(9-2)10-3/h11-14,16,19-22,25H,8-10,15,17-18,23-24H2,1-7H3,(H,43,48)(H,44,50)(H,46,47). The van der Waals surface area contributed by atoms with Gasteiger partial charge in [-0.3, -0.25) is 9.59 Å². The van der Waals surface area contributed by atoms with Gasteiger partial charge in [0.05, 0.1) is 26.0 Å². The van der Waals surface area contributed by atoms with E-state index < -0.39 is 29.5 Å². The summed E-state index contributed by atoms with van der Waals surface area (Å²) in [5, 5.41) is 10.6. The number of thiophene rings is 1. The number of methoxy groups -OCH3 is 1. The van der Waals surface area contributed by atoms with Crippen molar-refractivity contribution in [2.75, 3.05) is 32.2 Å². The molecule has 55 heavy (non-hydrogen) atoms. The third-order valence-electron chi connectivity index (χ3n) is 9.08. The molecule has 5 rings (SSSR count). The van der Waals surface area contributed by atoms with E-state index in [1.165, 1.54) is 13.2 Å². The van der Waals surface area contributed by atoms with Gasteiger partial charge in [-0.1, -0.05) is 39.7 Å². The Morgan fingerprint density at radius 1 is 0.927 bits per heavy atom. The molecule has 0 unspecified atom stereocenters. The lowest BCUT2D eigenvalue weighted by Crippen LogP contribution is -2.32. The maximum atomic E-state index is 14.6. The maximum absolute atomic E-state index is 14.6. The highest BCUT2D eigenvalue weighted by molar-refractivity contribution is 7.13. The molecule has 2 aromatic carbocycles. The van der Waals surface area contributed by atoms with E-state index in [0.717, 1.165) is 40.8 Å². The van der Waals surface area contributed by atoms with E-state index in [1.807, 2.05) is 12.3 Å². The van der Waals surface area contributed by atoms with Crippen molar-refractivity contribution in [3.8, 4) is 33.1 Å². The summed E-state index contributed by atoms with van der Waals surface area (Å²) in [4.78, 5) is 58.6. The minimum Gasteiger partial charge on any atom is -0.493 e. The molecule has 0 saturated carbocycles. The molecular formula is C42H50N4O8S. The second-order valence-corrected chi connectivity index (χ2v) is 15.2. The number of amides is 3. The minimum absolute atomic E-state index is 0.0401. The molecule has 0 radical (unpaired) electrons. The molecule has 12 nitrogen and oxygen atoms in total. The Bertz CT molecular complexity index is 2030. The number of hydrogen-bond donors (Lipinski definition) is 3. The minimum atomic E-state index is -0.768. The molecule has 3 heterocycles. The first-order chi connectivity index (χ1) is 26.3. The van der Waals surface area contributed by atoms with Crippen LogP contribution in [0.3, 0.4) is 0 Å². The van der Waals surface area contributed by atoms with Crippen molar-refractivity contribution in [1.82, 2.24) is 15.6 Å². The van der Waals surface area contributed by atoms with E-state index >= 15 is 0 Å². The topological polar surface area (TPSA) is 154 Å². The van der Waals surface area contributed by atoms with Crippen LogP contribution in [0.25, 0.3) is 21.6 Å². The molecule has 13 heteroatoms. The van der Waals surface area contributed by atoms with Gasteiger partial charge in [-0.25, -0.2) is 14.6 Å². The molecule has 1 aliphatic rings. The predicted octanol–water partition coefficient (Wildman–Crippen LogP) is 8.43. The van der Waals surface area contributed by atoms with Crippen molar-refractivity contribution >= 4 is 40.9 Å². The molecule has 0 atom stereocenters. The van der Waals surface area contributed by atoms with E-state index in [0.29, 0.717) is 60.4 Å². The van der Waals surface area contributed by atoms with E-state index in [-0.39, 0.29) is 23.5 Å². The number of anilines is 1. The van der Waals surface area contributed by atoms with Gasteiger partial charge >= 0.3 is 12.1 Å². The van der Waals surface area contributed by atoms with Crippen LogP contribution in [-0.2, 0) is 22.4 Å². The SMILES string of the molecule is CCCNC(=O)c1ccc(-c2cc3c(cc2C(=O)Nc2ccc(CNC(=O)OC(C)(C)C)cc2OCC(CC)CC)-c2sccc2CCO3)c(C(=O)OC)n1. The number of hydrogen-bond acceptors (Lipinski definition) is 10. The van der Waals surface area contributed by atoms with Crippen LogP contribution in [0, 0.1) is 5.92 Å². The molecule has 1 aliphatic heterocycles. The van der Waals surface area contributed by atoms with Gasteiger partial charge in [0.15, 0.2) is 5.69 Å². The number of pyridine rings is 1. The molecule has 0 fully saturated rings. The zero-order chi connectivity index (χ0) is 39.7. The van der Waals surface area contributed by atoms with Crippen LogP contribution in [-0.4, -0.2) is 61.3 Å². The number of aromatic nitrogens is 1. The second kappa shape index (κ2) is 18.3. The van der Waals surface area contributed by atoms with Crippen LogP contribution >= 0.6 is 11.3 Å². The molecule has 0 spiro atoms. The van der Waals surface area contributed by atoms with Gasteiger partial charge in [0.25, 0.3) is 11.8 Å². The number of ether oxygens (including phenoxy) is 4. The highest BCUT2D eigenvalue weighted by Gasteiger charge is 2.28. The Kier molecular flexibility index (Phi) is 13.5. The average molecular weight is 771 g/mol. The number of nitrogens with one attached hydrogen (secondary N) is 3. The predicted molar refractivity (Wildman–Crippen MR) is 213 cm³/mol. The van der Waals surface area contributed by atoms with E-state index in [2.05, 4.69) is 40.8 Å². The van der Waals surface area contributed by atoms with Gasteiger partial charge in [0.2, 0.25) is 0 Å². The lowest BCUT2D eigenvalue weighted by atomic mass is 9.93. The van der Waals surface area contributed by atoms with Gasteiger partial charge in [-0.15, -0.1) is 11.3 Å². The molecule has 292 valence electrons. The fourth-order valence-electron chi connectivity index (χ4n) is 6.02. The number of esters is 1. The third-order valence-corrected chi connectivity index (χ3v) is 10.1. The highest BCUT2D eigenvalue weighted by atomic mass is 32.1. The first kappa shape index (κ1) is 40.7. The Hall–Kier alpha value is -5.43. The van der Waals surface area contributed by atoms with E-state index in [9.17, 15) is 19.2 Å². The Balaban J connectivity index is 1.59. The summed E-state index contributed by atoms with van der Waals surface area (Å²) in [5.41, 5.74) is 3.17. The molecular weight excluding hydrogens is 721 g/mol.